The van der Waals surface area contributed by atoms with Crippen molar-refractivity contribution >= 4 is 0 Å². The van der Waals surface area contributed by atoms with Crippen LogP contribution < -0.4 is 5.73 Å². The summed E-state index contributed by atoms with van der Waals surface area (Å²) in [7, 11) is 0. The molecule has 2 aliphatic carbocycles. The lowest BCUT2D eigenvalue weighted by Gasteiger charge is -2.43. The normalized spacial score (nSPS) is 46.6. The second-order valence-electron chi connectivity index (χ2n) is 7.15. The molecule has 17 heavy (non-hydrogen) atoms. The Labute approximate surface area is 106 Å². The van der Waals surface area contributed by atoms with Gasteiger partial charge < -0.3 is 5.73 Å². The highest BCUT2D eigenvalue weighted by Gasteiger charge is 2.42. The van der Waals surface area contributed by atoms with E-state index < -0.39 is 0 Å². The van der Waals surface area contributed by atoms with Crippen molar-refractivity contribution in [1.82, 2.24) is 4.90 Å². The fourth-order valence-corrected chi connectivity index (χ4v) is 4.45. The van der Waals surface area contributed by atoms with Gasteiger partial charge >= 0.3 is 0 Å². The van der Waals surface area contributed by atoms with Crippen LogP contribution in [0.25, 0.3) is 0 Å². The lowest BCUT2D eigenvalue weighted by Crippen LogP contribution is -2.47. The van der Waals surface area contributed by atoms with Crippen LogP contribution in [0.5, 0.6) is 0 Å². The van der Waals surface area contributed by atoms with Crippen molar-refractivity contribution in [3.05, 3.63) is 0 Å². The topological polar surface area (TPSA) is 29.3 Å². The maximum Gasteiger partial charge on any atom is 0.00988 e. The van der Waals surface area contributed by atoms with Crippen LogP contribution in [-0.4, -0.2) is 30.6 Å². The third kappa shape index (κ3) is 2.26. The Morgan fingerprint density at radius 1 is 1.18 bits per heavy atom. The fraction of sp³-hybridized carbons (Fsp3) is 1.00. The predicted molar refractivity (Wildman–Crippen MR) is 71.8 cm³/mol. The number of nitrogens with two attached hydrogens (primary N) is 1. The summed E-state index contributed by atoms with van der Waals surface area (Å²) in [6.07, 6.45) is 9.99. The van der Waals surface area contributed by atoms with Gasteiger partial charge in [-0.25, -0.2) is 0 Å². The van der Waals surface area contributed by atoms with Crippen LogP contribution in [0.4, 0.5) is 0 Å². The average molecular weight is 236 g/mol. The minimum absolute atomic E-state index is 0.469. The first kappa shape index (κ1) is 12.0. The van der Waals surface area contributed by atoms with E-state index in [1.165, 1.54) is 58.0 Å². The average Bonchev–Trinajstić information content (AvgIpc) is 2.94. The molecule has 1 saturated heterocycles. The number of fused-ring (bicyclic) bond motifs is 2. The highest BCUT2D eigenvalue weighted by molar-refractivity contribution is 4.96. The second-order valence-corrected chi connectivity index (χ2v) is 7.15. The van der Waals surface area contributed by atoms with Crippen molar-refractivity contribution in [1.29, 1.82) is 0 Å². The molecule has 0 spiro atoms. The number of nitrogens with zero attached hydrogens (tertiary/aromatic N) is 1. The van der Waals surface area contributed by atoms with Gasteiger partial charge in [0.15, 0.2) is 0 Å². The minimum Gasteiger partial charge on any atom is -0.330 e. The Hall–Kier alpha value is -0.0800. The zero-order chi connectivity index (χ0) is 11.9. The van der Waals surface area contributed by atoms with E-state index in [0.717, 1.165) is 24.4 Å². The largest absolute Gasteiger partial charge is 0.330 e. The van der Waals surface area contributed by atoms with Crippen molar-refractivity contribution in [2.75, 3.05) is 19.6 Å². The first-order valence-corrected chi connectivity index (χ1v) is 7.65. The van der Waals surface area contributed by atoms with Gasteiger partial charge in [0.1, 0.15) is 0 Å². The van der Waals surface area contributed by atoms with Crippen LogP contribution in [0.15, 0.2) is 0 Å². The van der Waals surface area contributed by atoms with Crippen molar-refractivity contribution < 1.29 is 0 Å². The second kappa shape index (κ2) is 4.55. The Morgan fingerprint density at radius 2 is 1.94 bits per heavy atom. The number of hydrogen-bond acceptors (Lipinski definition) is 2. The van der Waals surface area contributed by atoms with E-state index in [-0.39, 0.29) is 0 Å². The Morgan fingerprint density at radius 3 is 2.47 bits per heavy atom. The van der Waals surface area contributed by atoms with Crippen molar-refractivity contribution in [3.63, 3.8) is 0 Å². The SMILES string of the molecule is CC1CCC(CN)(CN2CC3CCC2C3)CC1. The standard InChI is InChI=1S/C15H28N2/c1-12-4-6-15(10-16,7-5-12)11-17-9-13-2-3-14(17)8-13/h12-14H,2-11,16H2,1H3. The van der Waals surface area contributed by atoms with Crippen LogP contribution in [0.3, 0.4) is 0 Å². The predicted octanol–water partition coefficient (Wildman–Crippen LogP) is 2.63. The number of likely N-dealkylation sites (tertiary alicyclic amines) is 1. The van der Waals surface area contributed by atoms with E-state index in [4.69, 9.17) is 5.73 Å². The summed E-state index contributed by atoms with van der Waals surface area (Å²) in [5.74, 6) is 1.96. The van der Waals surface area contributed by atoms with Crippen LogP contribution in [0.1, 0.15) is 51.9 Å². The lowest BCUT2D eigenvalue weighted by atomic mass is 9.70. The fourth-order valence-electron chi connectivity index (χ4n) is 4.45. The quantitative estimate of drug-likeness (QED) is 0.816. The summed E-state index contributed by atoms with van der Waals surface area (Å²) in [5, 5.41) is 0. The summed E-state index contributed by atoms with van der Waals surface area (Å²) >= 11 is 0. The first-order chi connectivity index (χ1) is 8.21. The number of piperidine rings is 1. The molecule has 2 unspecified atom stereocenters. The van der Waals surface area contributed by atoms with Gasteiger partial charge in [-0.05, 0) is 55.9 Å². The van der Waals surface area contributed by atoms with Crippen molar-refractivity contribution in [2.45, 2.75) is 57.9 Å². The summed E-state index contributed by atoms with van der Waals surface area (Å²) in [6, 6.07) is 0.919. The third-order valence-electron chi connectivity index (χ3n) is 5.83. The van der Waals surface area contributed by atoms with E-state index in [0.29, 0.717) is 5.41 Å². The molecule has 0 amide bonds. The molecule has 1 aliphatic heterocycles. The van der Waals surface area contributed by atoms with Gasteiger partial charge in [0.2, 0.25) is 0 Å². The molecule has 2 saturated carbocycles. The molecule has 2 N–H and O–H groups in total. The Bertz CT molecular complexity index is 268. The van der Waals surface area contributed by atoms with Gasteiger partial charge in [-0.15, -0.1) is 0 Å². The minimum atomic E-state index is 0.469. The molecular formula is C15H28N2. The molecular weight excluding hydrogens is 208 g/mol. The van der Waals surface area contributed by atoms with Crippen LogP contribution in [0.2, 0.25) is 0 Å². The maximum atomic E-state index is 6.13. The summed E-state index contributed by atoms with van der Waals surface area (Å²) in [5.41, 5.74) is 6.60. The van der Waals surface area contributed by atoms with Crippen LogP contribution in [-0.2, 0) is 0 Å². The lowest BCUT2D eigenvalue weighted by molar-refractivity contribution is 0.0771. The van der Waals surface area contributed by atoms with E-state index in [1.54, 1.807) is 0 Å². The number of rotatable bonds is 3. The third-order valence-corrected chi connectivity index (χ3v) is 5.83. The molecule has 2 bridgehead atoms. The van der Waals surface area contributed by atoms with Gasteiger partial charge in [0, 0.05) is 19.1 Å². The Balaban J connectivity index is 1.62. The molecule has 1 heterocycles. The van der Waals surface area contributed by atoms with E-state index in [1.807, 2.05) is 0 Å². The van der Waals surface area contributed by atoms with E-state index in [2.05, 4.69) is 11.8 Å². The molecule has 3 rings (SSSR count). The van der Waals surface area contributed by atoms with Gasteiger partial charge in [-0.1, -0.05) is 19.8 Å². The molecule has 3 fully saturated rings. The molecule has 98 valence electrons. The van der Waals surface area contributed by atoms with Crippen molar-refractivity contribution in [3.8, 4) is 0 Å². The first-order valence-electron chi connectivity index (χ1n) is 7.65. The zero-order valence-electron chi connectivity index (χ0n) is 11.3. The molecule has 0 radical (unpaired) electrons. The molecule has 2 nitrogen and oxygen atoms in total. The summed E-state index contributed by atoms with van der Waals surface area (Å²) < 4.78 is 0. The molecule has 2 atom stereocenters. The van der Waals surface area contributed by atoms with Crippen LogP contribution >= 0.6 is 0 Å². The summed E-state index contributed by atoms with van der Waals surface area (Å²) in [4.78, 5) is 2.79. The monoisotopic (exact) mass is 236 g/mol. The smallest absolute Gasteiger partial charge is 0.00988 e. The number of hydrogen-bond donors (Lipinski definition) is 1. The molecule has 0 aromatic heterocycles. The van der Waals surface area contributed by atoms with Crippen molar-refractivity contribution in [2.24, 2.45) is 23.0 Å². The van der Waals surface area contributed by atoms with Gasteiger partial charge in [-0.3, -0.25) is 4.90 Å². The molecule has 3 aliphatic rings. The zero-order valence-corrected chi connectivity index (χ0v) is 11.3. The van der Waals surface area contributed by atoms with Gasteiger partial charge in [0.05, 0.1) is 0 Å². The highest BCUT2D eigenvalue weighted by Crippen LogP contribution is 2.43. The van der Waals surface area contributed by atoms with Crippen LogP contribution in [0, 0.1) is 17.3 Å². The van der Waals surface area contributed by atoms with Gasteiger partial charge in [0.25, 0.3) is 0 Å². The van der Waals surface area contributed by atoms with E-state index in [9.17, 15) is 0 Å². The van der Waals surface area contributed by atoms with Gasteiger partial charge in [-0.2, -0.15) is 0 Å². The highest BCUT2D eigenvalue weighted by atomic mass is 15.2. The molecule has 0 aromatic carbocycles. The van der Waals surface area contributed by atoms with E-state index >= 15 is 0 Å². The maximum absolute atomic E-state index is 6.13. The summed E-state index contributed by atoms with van der Waals surface area (Å²) in [6.45, 7) is 5.99. The Kier molecular flexibility index (Phi) is 3.20. The molecule has 2 heteroatoms. The molecule has 0 aromatic rings.